The van der Waals surface area contributed by atoms with Gasteiger partial charge < -0.3 is 20.1 Å². The first-order valence-electron chi connectivity index (χ1n) is 7.82. The van der Waals surface area contributed by atoms with Crippen LogP contribution in [0.2, 0.25) is 0 Å². The summed E-state index contributed by atoms with van der Waals surface area (Å²) in [5.41, 5.74) is 0.544. The summed E-state index contributed by atoms with van der Waals surface area (Å²) >= 11 is 0. The van der Waals surface area contributed by atoms with Crippen LogP contribution in [0.25, 0.3) is 0 Å². The van der Waals surface area contributed by atoms with E-state index in [-0.39, 0.29) is 5.57 Å². The van der Waals surface area contributed by atoms with Crippen molar-refractivity contribution in [3.8, 4) is 11.8 Å². The molecule has 1 amide bonds. The van der Waals surface area contributed by atoms with Gasteiger partial charge in [0.25, 0.3) is 5.91 Å². The molecule has 1 heterocycles. The first kappa shape index (κ1) is 17.8. The number of nitrogens with zero attached hydrogens (tertiary/aromatic N) is 2. The number of nitriles is 1. The molecule has 1 fully saturated rings. The van der Waals surface area contributed by atoms with Crippen LogP contribution < -0.4 is 15.4 Å². The maximum atomic E-state index is 12.2. The Labute approximate surface area is 141 Å². The maximum absolute atomic E-state index is 12.2. The van der Waals surface area contributed by atoms with Gasteiger partial charge >= 0.3 is 0 Å². The highest BCUT2D eigenvalue weighted by Crippen LogP contribution is 2.23. The molecule has 1 aliphatic rings. The number of methoxy groups -OCH3 is 1. The number of hydrogen-bond acceptors (Lipinski definition) is 6. The third kappa shape index (κ3) is 5.26. The summed E-state index contributed by atoms with van der Waals surface area (Å²) in [6.07, 6.45) is 1.45. The van der Waals surface area contributed by atoms with Crippen LogP contribution in [0.5, 0.6) is 5.75 Å². The van der Waals surface area contributed by atoms with E-state index < -0.39 is 5.91 Å². The van der Waals surface area contributed by atoms with E-state index in [0.29, 0.717) is 18.0 Å². The highest BCUT2D eigenvalue weighted by atomic mass is 16.5. The molecular weight excluding hydrogens is 308 g/mol. The monoisotopic (exact) mass is 330 g/mol. The number of ether oxygens (including phenoxy) is 2. The molecule has 0 spiro atoms. The zero-order chi connectivity index (χ0) is 17.2. The van der Waals surface area contributed by atoms with Gasteiger partial charge in [-0.15, -0.1) is 0 Å². The van der Waals surface area contributed by atoms with Crippen molar-refractivity contribution in [3.05, 3.63) is 36.0 Å². The van der Waals surface area contributed by atoms with Gasteiger partial charge in [-0.05, 0) is 12.1 Å². The predicted octanol–water partition coefficient (Wildman–Crippen LogP) is 0.963. The van der Waals surface area contributed by atoms with E-state index in [4.69, 9.17) is 9.47 Å². The smallest absolute Gasteiger partial charge is 0.267 e. The number of anilines is 1. The molecule has 1 saturated heterocycles. The number of benzene rings is 1. The van der Waals surface area contributed by atoms with Gasteiger partial charge in [0.15, 0.2) is 0 Å². The van der Waals surface area contributed by atoms with Crippen molar-refractivity contribution in [1.29, 1.82) is 5.26 Å². The quantitative estimate of drug-likeness (QED) is 0.440. The van der Waals surface area contributed by atoms with Gasteiger partial charge in [0, 0.05) is 32.4 Å². The Morgan fingerprint density at radius 1 is 1.42 bits per heavy atom. The number of rotatable bonds is 7. The number of hydrogen-bond donors (Lipinski definition) is 2. The van der Waals surface area contributed by atoms with E-state index >= 15 is 0 Å². The molecule has 7 nitrogen and oxygen atoms in total. The Bertz CT molecular complexity index is 619. The van der Waals surface area contributed by atoms with Crippen molar-refractivity contribution in [2.75, 3.05) is 51.8 Å². The highest BCUT2D eigenvalue weighted by Gasteiger charge is 2.12. The van der Waals surface area contributed by atoms with Crippen LogP contribution in [0.3, 0.4) is 0 Å². The number of morpholine rings is 1. The van der Waals surface area contributed by atoms with E-state index in [0.717, 1.165) is 32.8 Å². The molecular formula is C17H22N4O3. The van der Waals surface area contributed by atoms with Crippen molar-refractivity contribution in [2.24, 2.45) is 0 Å². The molecule has 24 heavy (non-hydrogen) atoms. The lowest BCUT2D eigenvalue weighted by molar-refractivity contribution is -0.112. The van der Waals surface area contributed by atoms with Crippen LogP contribution in [0.1, 0.15) is 0 Å². The van der Waals surface area contributed by atoms with Gasteiger partial charge in [-0.2, -0.15) is 5.26 Å². The second-order valence-electron chi connectivity index (χ2n) is 5.23. The van der Waals surface area contributed by atoms with Gasteiger partial charge in [-0.25, -0.2) is 0 Å². The largest absolute Gasteiger partial charge is 0.495 e. The van der Waals surface area contributed by atoms with E-state index in [1.54, 1.807) is 18.2 Å². The molecule has 1 aromatic rings. The Kier molecular flexibility index (Phi) is 7.08. The number of carbonyl (C=O) groups is 1. The number of nitrogens with one attached hydrogen (secondary N) is 2. The fourth-order valence-electron chi connectivity index (χ4n) is 2.31. The van der Waals surface area contributed by atoms with Crippen molar-refractivity contribution in [1.82, 2.24) is 10.2 Å². The molecule has 0 radical (unpaired) electrons. The summed E-state index contributed by atoms with van der Waals surface area (Å²) < 4.78 is 10.5. The molecule has 2 rings (SSSR count). The molecule has 0 aliphatic carbocycles. The Hall–Kier alpha value is -2.56. The standard InChI is InChI=1S/C17H22N4O3/c1-23-16-5-3-2-4-15(16)20-17(22)14(12-18)13-19-6-7-21-8-10-24-11-9-21/h2-5,13,19H,6-11H2,1H3,(H,20,22)/b14-13-. The van der Waals surface area contributed by atoms with E-state index in [2.05, 4.69) is 15.5 Å². The Morgan fingerprint density at radius 3 is 2.88 bits per heavy atom. The average molecular weight is 330 g/mol. The molecule has 0 unspecified atom stereocenters. The van der Waals surface area contributed by atoms with Gasteiger partial charge in [0.05, 0.1) is 26.0 Å². The minimum Gasteiger partial charge on any atom is -0.495 e. The second kappa shape index (κ2) is 9.55. The predicted molar refractivity (Wildman–Crippen MR) is 90.6 cm³/mol. The third-order valence-corrected chi connectivity index (χ3v) is 3.64. The summed E-state index contributed by atoms with van der Waals surface area (Å²) in [6, 6.07) is 8.97. The van der Waals surface area contributed by atoms with Crippen LogP contribution in [0.15, 0.2) is 36.0 Å². The van der Waals surface area contributed by atoms with E-state index in [1.165, 1.54) is 13.3 Å². The minimum absolute atomic E-state index is 0.0166. The zero-order valence-corrected chi connectivity index (χ0v) is 13.7. The molecule has 1 aromatic carbocycles. The van der Waals surface area contributed by atoms with Crippen LogP contribution in [-0.2, 0) is 9.53 Å². The van der Waals surface area contributed by atoms with Crippen molar-refractivity contribution in [2.45, 2.75) is 0 Å². The first-order chi connectivity index (χ1) is 11.7. The normalized spacial score (nSPS) is 15.4. The fraction of sp³-hybridized carbons (Fsp3) is 0.412. The second-order valence-corrected chi connectivity index (χ2v) is 5.23. The van der Waals surface area contributed by atoms with Crippen molar-refractivity contribution >= 4 is 11.6 Å². The lowest BCUT2D eigenvalue weighted by Gasteiger charge is -2.26. The van der Waals surface area contributed by atoms with Gasteiger partial charge in [-0.3, -0.25) is 9.69 Å². The molecule has 0 bridgehead atoms. The molecule has 1 aliphatic heterocycles. The van der Waals surface area contributed by atoms with Crippen molar-refractivity contribution in [3.63, 3.8) is 0 Å². The Balaban J connectivity index is 1.85. The summed E-state index contributed by atoms with van der Waals surface area (Å²) in [7, 11) is 1.53. The van der Waals surface area contributed by atoms with Gasteiger partial charge in [0.2, 0.25) is 0 Å². The summed E-state index contributed by atoms with van der Waals surface area (Å²) in [5, 5.41) is 14.9. The molecule has 0 saturated carbocycles. The van der Waals surface area contributed by atoms with Gasteiger partial charge in [-0.1, -0.05) is 12.1 Å². The average Bonchev–Trinajstić information content (AvgIpc) is 2.63. The number of amides is 1. The van der Waals surface area contributed by atoms with Crippen LogP contribution in [0, 0.1) is 11.3 Å². The summed E-state index contributed by atoms with van der Waals surface area (Å²) in [5.74, 6) is 0.0734. The highest BCUT2D eigenvalue weighted by molar-refractivity contribution is 6.07. The molecule has 7 heteroatoms. The number of para-hydroxylation sites is 2. The molecule has 0 atom stereocenters. The van der Waals surface area contributed by atoms with E-state index in [9.17, 15) is 10.1 Å². The van der Waals surface area contributed by atoms with E-state index in [1.807, 2.05) is 12.1 Å². The van der Waals surface area contributed by atoms with Crippen LogP contribution in [-0.4, -0.2) is 57.3 Å². The molecule has 0 aromatic heterocycles. The zero-order valence-electron chi connectivity index (χ0n) is 13.7. The van der Waals surface area contributed by atoms with Crippen LogP contribution >= 0.6 is 0 Å². The van der Waals surface area contributed by atoms with Crippen molar-refractivity contribution < 1.29 is 14.3 Å². The third-order valence-electron chi connectivity index (χ3n) is 3.64. The maximum Gasteiger partial charge on any atom is 0.267 e. The Morgan fingerprint density at radius 2 is 2.17 bits per heavy atom. The summed E-state index contributed by atoms with van der Waals surface area (Å²) in [6.45, 7) is 4.82. The van der Waals surface area contributed by atoms with Crippen LogP contribution in [0.4, 0.5) is 5.69 Å². The molecule has 128 valence electrons. The number of carbonyl (C=O) groups excluding carboxylic acids is 1. The lowest BCUT2D eigenvalue weighted by Crippen LogP contribution is -2.39. The first-order valence-corrected chi connectivity index (χ1v) is 7.82. The topological polar surface area (TPSA) is 86.6 Å². The minimum atomic E-state index is -0.471. The lowest BCUT2D eigenvalue weighted by atomic mass is 10.2. The SMILES string of the molecule is COc1ccccc1NC(=O)/C(C#N)=C\NCCN1CCOCC1. The summed E-state index contributed by atoms with van der Waals surface area (Å²) in [4.78, 5) is 14.5. The fourth-order valence-corrected chi connectivity index (χ4v) is 2.31. The molecule has 2 N–H and O–H groups in total. The van der Waals surface area contributed by atoms with Gasteiger partial charge in [0.1, 0.15) is 17.4 Å².